The van der Waals surface area contributed by atoms with Crippen LogP contribution in [-0.2, 0) is 9.31 Å². The van der Waals surface area contributed by atoms with Gasteiger partial charge in [0, 0.05) is 27.0 Å². The van der Waals surface area contributed by atoms with Crippen LogP contribution in [0, 0.1) is 0 Å². The molecule has 5 heteroatoms. The molecule has 4 nitrogen and oxygen atoms in total. The van der Waals surface area contributed by atoms with E-state index < -0.39 is 18.3 Å². The first-order valence-corrected chi connectivity index (χ1v) is 11.4. The maximum atomic E-state index is 6.47. The predicted molar refractivity (Wildman–Crippen MR) is 134 cm³/mol. The minimum Gasteiger partial charge on any atom is -0.456 e. The topological polar surface area (TPSA) is 44.7 Å². The Morgan fingerprint density at radius 2 is 1.30 bits per heavy atom. The first-order chi connectivity index (χ1) is 15.8. The molecule has 0 amide bonds. The van der Waals surface area contributed by atoms with E-state index in [0.29, 0.717) is 0 Å². The third kappa shape index (κ3) is 2.49. The molecule has 4 aromatic carbocycles. The molecular weight excluding hydrogens is 411 g/mol. The molecule has 0 spiro atoms. The normalized spacial score (nSPS) is 17.9. The number of rotatable bonds is 1. The van der Waals surface area contributed by atoms with Gasteiger partial charge in [-0.05, 0) is 56.7 Å². The highest BCUT2D eigenvalue weighted by atomic mass is 16.7. The molecule has 0 radical (unpaired) electrons. The summed E-state index contributed by atoms with van der Waals surface area (Å²) in [6.45, 7) is 8.26. The van der Waals surface area contributed by atoms with E-state index in [2.05, 4.69) is 70.2 Å². The molecule has 3 heterocycles. The van der Waals surface area contributed by atoms with Crippen molar-refractivity contribution in [2.24, 2.45) is 0 Å². The van der Waals surface area contributed by atoms with Gasteiger partial charge in [0.25, 0.3) is 0 Å². The second-order valence-corrected chi connectivity index (χ2v) is 9.99. The first-order valence-electron chi connectivity index (χ1n) is 11.4. The van der Waals surface area contributed by atoms with Gasteiger partial charge in [-0.1, -0.05) is 48.5 Å². The molecule has 0 N–H and O–H groups in total. The molecule has 1 saturated heterocycles. The number of fused-ring (bicyclic) bond motifs is 9. The molecule has 1 fully saturated rings. The second-order valence-electron chi connectivity index (χ2n) is 9.99. The van der Waals surface area contributed by atoms with Crippen molar-refractivity contribution in [3.05, 3.63) is 66.7 Å². The van der Waals surface area contributed by atoms with Crippen LogP contribution in [0.4, 0.5) is 0 Å². The molecule has 0 aliphatic carbocycles. The van der Waals surface area contributed by atoms with Crippen LogP contribution in [0.15, 0.2) is 75.6 Å². The first kappa shape index (κ1) is 19.2. The summed E-state index contributed by atoms with van der Waals surface area (Å²) in [5.41, 5.74) is 3.26. The number of furan rings is 2. The van der Waals surface area contributed by atoms with Crippen LogP contribution in [0.1, 0.15) is 27.7 Å². The Bertz CT molecular complexity index is 1720. The van der Waals surface area contributed by atoms with Crippen LogP contribution in [0.3, 0.4) is 0 Å². The minimum absolute atomic E-state index is 0.449. The standard InChI is InChI=1S/C28H23BO4/c1-27(2)28(3,4)33-29(32-27)19-15-22-25(24-18-11-7-8-12-20(18)31-26(19)24)23-17-10-6-5-9-16(17)13-14-21(23)30-22/h5-15H,1-4H3. The van der Waals surface area contributed by atoms with Gasteiger partial charge in [0.15, 0.2) is 0 Å². The van der Waals surface area contributed by atoms with Gasteiger partial charge in [0.05, 0.1) is 11.2 Å². The van der Waals surface area contributed by atoms with Crippen LogP contribution >= 0.6 is 0 Å². The Kier molecular flexibility index (Phi) is 3.60. The Morgan fingerprint density at radius 3 is 2.09 bits per heavy atom. The quantitative estimate of drug-likeness (QED) is 0.263. The SMILES string of the molecule is CC1(C)OB(c2cc3oc4ccc5ccccc5c4c3c3c2oc2ccccc23)OC1(C)C. The molecular formula is C28H23BO4. The van der Waals surface area contributed by atoms with Crippen LogP contribution in [0.2, 0.25) is 0 Å². The van der Waals surface area contributed by atoms with Crippen molar-refractivity contribution in [3.63, 3.8) is 0 Å². The molecule has 1 aliphatic rings. The van der Waals surface area contributed by atoms with E-state index in [-0.39, 0.29) is 0 Å². The highest BCUT2D eigenvalue weighted by Crippen LogP contribution is 2.43. The monoisotopic (exact) mass is 434 g/mol. The van der Waals surface area contributed by atoms with E-state index in [0.717, 1.165) is 49.3 Å². The zero-order valence-corrected chi connectivity index (χ0v) is 19.1. The van der Waals surface area contributed by atoms with Crippen molar-refractivity contribution >= 4 is 67.2 Å². The van der Waals surface area contributed by atoms with Crippen LogP contribution in [-0.4, -0.2) is 18.3 Å². The summed E-state index contributed by atoms with van der Waals surface area (Å²) in [4.78, 5) is 0. The number of hydrogen-bond donors (Lipinski definition) is 0. The van der Waals surface area contributed by atoms with Gasteiger partial charge in [-0.3, -0.25) is 0 Å². The average Bonchev–Trinajstić information content (AvgIpc) is 3.41. The molecule has 1 aliphatic heterocycles. The van der Waals surface area contributed by atoms with Gasteiger partial charge in [-0.15, -0.1) is 0 Å². The van der Waals surface area contributed by atoms with Crippen molar-refractivity contribution in [1.82, 2.24) is 0 Å². The van der Waals surface area contributed by atoms with Crippen molar-refractivity contribution in [1.29, 1.82) is 0 Å². The third-order valence-corrected chi connectivity index (χ3v) is 7.51. The summed E-state index contributed by atoms with van der Waals surface area (Å²) < 4.78 is 25.8. The van der Waals surface area contributed by atoms with Crippen molar-refractivity contribution < 1.29 is 18.1 Å². The summed E-state index contributed by atoms with van der Waals surface area (Å²) in [5.74, 6) is 0. The fourth-order valence-corrected chi connectivity index (χ4v) is 5.09. The Morgan fingerprint density at radius 1 is 0.606 bits per heavy atom. The van der Waals surface area contributed by atoms with Crippen molar-refractivity contribution in [3.8, 4) is 0 Å². The highest BCUT2D eigenvalue weighted by Gasteiger charge is 2.52. The van der Waals surface area contributed by atoms with Crippen molar-refractivity contribution in [2.45, 2.75) is 38.9 Å². The van der Waals surface area contributed by atoms with Crippen LogP contribution in [0.25, 0.3) is 54.6 Å². The summed E-state index contributed by atoms with van der Waals surface area (Å²) in [7, 11) is -0.549. The fourth-order valence-electron chi connectivity index (χ4n) is 5.09. The Hall–Kier alpha value is -3.28. The predicted octanol–water partition coefficient (Wildman–Crippen LogP) is 6.94. The number of benzene rings is 4. The van der Waals surface area contributed by atoms with Gasteiger partial charge in [-0.25, -0.2) is 0 Å². The lowest BCUT2D eigenvalue weighted by Crippen LogP contribution is -2.41. The van der Waals surface area contributed by atoms with Gasteiger partial charge in [0.1, 0.15) is 22.3 Å². The Labute approximate surface area is 191 Å². The lowest BCUT2D eigenvalue weighted by atomic mass is 9.77. The third-order valence-electron chi connectivity index (χ3n) is 7.51. The van der Waals surface area contributed by atoms with E-state index >= 15 is 0 Å². The summed E-state index contributed by atoms with van der Waals surface area (Å²) in [5, 5.41) is 6.64. The summed E-state index contributed by atoms with van der Waals surface area (Å²) in [6, 6.07) is 22.8. The maximum absolute atomic E-state index is 6.47. The molecule has 162 valence electrons. The number of hydrogen-bond acceptors (Lipinski definition) is 4. The molecule has 0 unspecified atom stereocenters. The molecule has 0 atom stereocenters. The molecule has 6 aromatic rings. The zero-order chi connectivity index (χ0) is 22.5. The smallest absolute Gasteiger partial charge is 0.456 e. The second kappa shape index (κ2) is 6.19. The summed E-state index contributed by atoms with van der Waals surface area (Å²) >= 11 is 0. The van der Waals surface area contributed by atoms with E-state index in [1.807, 2.05) is 24.3 Å². The van der Waals surface area contributed by atoms with Crippen molar-refractivity contribution in [2.75, 3.05) is 0 Å². The highest BCUT2D eigenvalue weighted by molar-refractivity contribution is 6.66. The minimum atomic E-state index is -0.549. The van der Waals surface area contributed by atoms with E-state index in [4.69, 9.17) is 18.1 Å². The van der Waals surface area contributed by atoms with Gasteiger partial charge in [-0.2, -0.15) is 0 Å². The summed E-state index contributed by atoms with van der Waals surface area (Å²) in [6.07, 6.45) is 0. The van der Waals surface area contributed by atoms with Gasteiger partial charge in [0.2, 0.25) is 0 Å². The molecule has 2 aromatic heterocycles. The van der Waals surface area contributed by atoms with E-state index in [1.165, 1.54) is 10.8 Å². The zero-order valence-electron chi connectivity index (χ0n) is 19.1. The Balaban J connectivity index is 1.66. The molecule has 33 heavy (non-hydrogen) atoms. The number of para-hydroxylation sites is 1. The molecule has 0 saturated carbocycles. The van der Waals surface area contributed by atoms with Gasteiger partial charge < -0.3 is 18.1 Å². The lowest BCUT2D eigenvalue weighted by Gasteiger charge is -2.32. The van der Waals surface area contributed by atoms with Crippen LogP contribution < -0.4 is 5.46 Å². The maximum Gasteiger partial charge on any atom is 0.498 e. The fraction of sp³-hybridized carbons (Fsp3) is 0.214. The largest absolute Gasteiger partial charge is 0.498 e. The molecule has 0 bridgehead atoms. The van der Waals surface area contributed by atoms with E-state index in [9.17, 15) is 0 Å². The average molecular weight is 434 g/mol. The van der Waals surface area contributed by atoms with E-state index in [1.54, 1.807) is 0 Å². The lowest BCUT2D eigenvalue weighted by molar-refractivity contribution is 0.00578. The molecule has 7 rings (SSSR count). The van der Waals surface area contributed by atoms with Crippen LogP contribution in [0.5, 0.6) is 0 Å². The van der Waals surface area contributed by atoms with Gasteiger partial charge >= 0.3 is 7.12 Å².